The Labute approximate surface area is 102 Å². The molecule has 1 aliphatic heterocycles. The van der Waals surface area contributed by atoms with Gasteiger partial charge in [0, 0.05) is 19.5 Å². The molecule has 0 aromatic carbocycles. The van der Waals surface area contributed by atoms with Crippen molar-refractivity contribution in [1.29, 1.82) is 0 Å². The molecule has 96 valence electrons. The van der Waals surface area contributed by atoms with Crippen molar-refractivity contribution >= 4 is 11.8 Å². The molecule has 0 spiro atoms. The van der Waals surface area contributed by atoms with Crippen LogP contribution in [0.5, 0.6) is 0 Å². The maximum Gasteiger partial charge on any atom is 0.225 e. The van der Waals surface area contributed by atoms with E-state index in [9.17, 15) is 9.59 Å². The molecule has 2 fully saturated rings. The fourth-order valence-corrected chi connectivity index (χ4v) is 2.38. The average molecular weight is 239 g/mol. The fraction of sp³-hybridized carbons (Fsp3) is 0.833. The lowest BCUT2D eigenvalue weighted by Crippen LogP contribution is -2.56. The third-order valence-corrected chi connectivity index (χ3v) is 3.95. The molecule has 0 aromatic heterocycles. The second-order valence-electron chi connectivity index (χ2n) is 5.42. The van der Waals surface area contributed by atoms with E-state index in [0.29, 0.717) is 31.8 Å². The Kier molecular flexibility index (Phi) is 3.38. The van der Waals surface area contributed by atoms with E-state index < -0.39 is 0 Å². The standard InChI is InChI=1S/C12H21N3O2/c1-12(7-13,9-3-4-9)15-11(17)8-2-5-10(16)14-6-8/h8-9H,2-7,13H2,1H3,(H,14,16)(H,15,17). The summed E-state index contributed by atoms with van der Waals surface area (Å²) in [5, 5.41) is 5.80. The number of carbonyl (C=O) groups is 2. The van der Waals surface area contributed by atoms with Crippen molar-refractivity contribution in [1.82, 2.24) is 10.6 Å². The largest absolute Gasteiger partial charge is 0.355 e. The summed E-state index contributed by atoms with van der Waals surface area (Å²) in [4.78, 5) is 23.1. The number of amides is 2. The zero-order valence-corrected chi connectivity index (χ0v) is 10.3. The lowest BCUT2D eigenvalue weighted by molar-refractivity contribution is -0.130. The van der Waals surface area contributed by atoms with Gasteiger partial charge in [-0.15, -0.1) is 0 Å². The van der Waals surface area contributed by atoms with Crippen molar-refractivity contribution in [3.63, 3.8) is 0 Å². The van der Waals surface area contributed by atoms with E-state index >= 15 is 0 Å². The predicted octanol–water partition coefficient (Wildman–Crippen LogP) is -0.244. The highest BCUT2D eigenvalue weighted by Crippen LogP contribution is 2.39. The van der Waals surface area contributed by atoms with E-state index in [4.69, 9.17) is 5.73 Å². The molecule has 2 aliphatic rings. The zero-order valence-electron chi connectivity index (χ0n) is 10.3. The first kappa shape index (κ1) is 12.4. The van der Waals surface area contributed by atoms with Crippen LogP contribution in [-0.2, 0) is 9.59 Å². The molecule has 2 amide bonds. The van der Waals surface area contributed by atoms with Gasteiger partial charge in [-0.05, 0) is 32.1 Å². The van der Waals surface area contributed by atoms with E-state index in [0.717, 1.165) is 12.8 Å². The molecule has 1 saturated carbocycles. The van der Waals surface area contributed by atoms with Gasteiger partial charge in [-0.3, -0.25) is 9.59 Å². The van der Waals surface area contributed by atoms with Gasteiger partial charge in [0.25, 0.3) is 0 Å². The highest BCUT2D eigenvalue weighted by molar-refractivity contribution is 5.84. The summed E-state index contributed by atoms with van der Waals surface area (Å²) < 4.78 is 0. The van der Waals surface area contributed by atoms with Crippen LogP contribution in [0.4, 0.5) is 0 Å². The zero-order chi connectivity index (χ0) is 12.5. The van der Waals surface area contributed by atoms with Gasteiger partial charge in [0.15, 0.2) is 0 Å². The summed E-state index contributed by atoms with van der Waals surface area (Å²) in [5.74, 6) is 0.495. The molecule has 2 rings (SSSR count). The number of carbonyl (C=O) groups excluding carboxylic acids is 2. The van der Waals surface area contributed by atoms with Gasteiger partial charge in [-0.1, -0.05) is 0 Å². The molecule has 2 unspecified atom stereocenters. The quantitative estimate of drug-likeness (QED) is 0.633. The first-order valence-electron chi connectivity index (χ1n) is 6.34. The van der Waals surface area contributed by atoms with Crippen LogP contribution in [0.25, 0.3) is 0 Å². The van der Waals surface area contributed by atoms with E-state index in [-0.39, 0.29) is 23.3 Å². The molecule has 1 heterocycles. The molecule has 0 aromatic rings. The van der Waals surface area contributed by atoms with Crippen LogP contribution in [0, 0.1) is 11.8 Å². The molecule has 5 heteroatoms. The maximum absolute atomic E-state index is 12.1. The molecule has 4 N–H and O–H groups in total. The Morgan fingerprint density at radius 1 is 1.53 bits per heavy atom. The number of nitrogens with two attached hydrogens (primary N) is 1. The monoisotopic (exact) mass is 239 g/mol. The minimum absolute atomic E-state index is 0.0323. The summed E-state index contributed by atoms with van der Waals surface area (Å²) in [6.45, 7) is 2.95. The van der Waals surface area contributed by atoms with Crippen LogP contribution in [0.15, 0.2) is 0 Å². The fourth-order valence-electron chi connectivity index (χ4n) is 2.38. The molecule has 1 aliphatic carbocycles. The van der Waals surface area contributed by atoms with Crippen LogP contribution in [0.2, 0.25) is 0 Å². The lowest BCUT2D eigenvalue weighted by atomic mass is 9.92. The Hall–Kier alpha value is -1.10. The number of hydrogen-bond donors (Lipinski definition) is 3. The number of hydrogen-bond acceptors (Lipinski definition) is 3. The van der Waals surface area contributed by atoms with Crippen molar-refractivity contribution in [2.45, 2.75) is 38.1 Å². The van der Waals surface area contributed by atoms with E-state index in [1.165, 1.54) is 0 Å². The Bertz CT molecular complexity index is 318. The Balaban J connectivity index is 1.89. The average Bonchev–Trinajstić information content (AvgIpc) is 3.13. The van der Waals surface area contributed by atoms with Gasteiger partial charge in [-0.2, -0.15) is 0 Å². The molecule has 1 saturated heterocycles. The van der Waals surface area contributed by atoms with Crippen molar-refractivity contribution in [3.8, 4) is 0 Å². The van der Waals surface area contributed by atoms with Crippen molar-refractivity contribution in [2.75, 3.05) is 13.1 Å². The summed E-state index contributed by atoms with van der Waals surface area (Å²) in [7, 11) is 0. The predicted molar refractivity (Wildman–Crippen MR) is 64.1 cm³/mol. The van der Waals surface area contributed by atoms with E-state index in [1.54, 1.807) is 0 Å². The van der Waals surface area contributed by atoms with Gasteiger partial charge >= 0.3 is 0 Å². The maximum atomic E-state index is 12.1. The highest BCUT2D eigenvalue weighted by atomic mass is 16.2. The summed E-state index contributed by atoms with van der Waals surface area (Å²) in [6, 6.07) is 0. The van der Waals surface area contributed by atoms with Gasteiger partial charge < -0.3 is 16.4 Å². The van der Waals surface area contributed by atoms with Crippen molar-refractivity contribution < 1.29 is 9.59 Å². The highest BCUT2D eigenvalue weighted by Gasteiger charge is 2.42. The molecule has 17 heavy (non-hydrogen) atoms. The third kappa shape index (κ3) is 2.77. The molecule has 0 radical (unpaired) electrons. The normalized spacial score (nSPS) is 28.1. The Morgan fingerprint density at radius 2 is 2.24 bits per heavy atom. The van der Waals surface area contributed by atoms with Crippen LogP contribution in [0.1, 0.15) is 32.6 Å². The number of piperidine rings is 1. The van der Waals surface area contributed by atoms with E-state index in [1.807, 2.05) is 6.92 Å². The van der Waals surface area contributed by atoms with Crippen LogP contribution < -0.4 is 16.4 Å². The van der Waals surface area contributed by atoms with Crippen molar-refractivity contribution in [2.24, 2.45) is 17.6 Å². The van der Waals surface area contributed by atoms with Gasteiger partial charge in [-0.25, -0.2) is 0 Å². The lowest BCUT2D eigenvalue weighted by Gasteiger charge is -2.32. The van der Waals surface area contributed by atoms with Crippen LogP contribution >= 0.6 is 0 Å². The van der Waals surface area contributed by atoms with Crippen molar-refractivity contribution in [3.05, 3.63) is 0 Å². The summed E-state index contributed by atoms with van der Waals surface area (Å²) in [6.07, 6.45) is 3.38. The molecule has 5 nitrogen and oxygen atoms in total. The van der Waals surface area contributed by atoms with Gasteiger partial charge in [0.2, 0.25) is 11.8 Å². The third-order valence-electron chi connectivity index (χ3n) is 3.95. The van der Waals surface area contributed by atoms with E-state index in [2.05, 4.69) is 10.6 Å². The second-order valence-corrected chi connectivity index (χ2v) is 5.42. The molecular weight excluding hydrogens is 218 g/mol. The minimum atomic E-state index is -0.265. The first-order valence-corrected chi connectivity index (χ1v) is 6.34. The summed E-state index contributed by atoms with van der Waals surface area (Å²) in [5.41, 5.74) is 5.50. The number of nitrogens with one attached hydrogen (secondary N) is 2. The number of rotatable bonds is 4. The summed E-state index contributed by atoms with van der Waals surface area (Å²) >= 11 is 0. The smallest absolute Gasteiger partial charge is 0.225 e. The van der Waals surface area contributed by atoms with Gasteiger partial charge in [0.1, 0.15) is 0 Å². The van der Waals surface area contributed by atoms with Crippen LogP contribution in [-0.4, -0.2) is 30.4 Å². The molecule has 0 bridgehead atoms. The molecular formula is C12H21N3O2. The molecule has 2 atom stereocenters. The van der Waals surface area contributed by atoms with Gasteiger partial charge in [0.05, 0.1) is 11.5 Å². The Morgan fingerprint density at radius 3 is 2.71 bits per heavy atom. The first-order chi connectivity index (χ1) is 8.05. The second kappa shape index (κ2) is 4.64. The van der Waals surface area contributed by atoms with Crippen LogP contribution in [0.3, 0.4) is 0 Å². The SMILES string of the molecule is CC(CN)(NC(=O)C1CCC(=O)NC1)C1CC1. The minimum Gasteiger partial charge on any atom is -0.355 e. The topological polar surface area (TPSA) is 84.2 Å².